The molecule has 1 aromatic carbocycles. The molecule has 2 aromatic rings. The number of hydrogen-bond acceptors (Lipinski definition) is 4. The number of aryl methyl sites for hydroxylation is 1. The van der Waals surface area contributed by atoms with E-state index in [0.29, 0.717) is 5.69 Å². The number of nitrogens with zero attached hydrogens (tertiary/aromatic N) is 2. The van der Waals surface area contributed by atoms with E-state index in [9.17, 15) is 8.42 Å². The van der Waals surface area contributed by atoms with Crippen molar-refractivity contribution >= 4 is 21.5 Å². The van der Waals surface area contributed by atoms with Crippen molar-refractivity contribution in [1.82, 2.24) is 4.98 Å². The minimum atomic E-state index is -3.58. The number of aromatic nitrogens is 1. The predicted molar refractivity (Wildman–Crippen MR) is 96.8 cm³/mol. The van der Waals surface area contributed by atoms with Crippen LogP contribution in [0, 0.1) is 12.8 Å². The molecule has 1 aromatic heterocycles. The summed E-state index contributed by atoms with van der Waals surface area (Å²) >= 11 is 0. The van der Waals surface area contributed by atoms with E-state index in [0.717, 1.165) is 30.4 Å². The van der Waals surface area contributed by atoms with Crippen molar-refractivity contribution in [2.24, 2.45) is 5.92 Å². The van der Waals surface area contributed by atoms with Crippen LogP contribution in [0.4, 0.5) is 11.5 Å². The summed E-state index contributed by atoms with van der Waals surface area (Å²) in [6, 6.07) is 10.4. The summed E-state index contributed by atoms with van der Waals surface area (Å²) in [6.45, 7) is 6.20. The lowest BCUT2D eigenvalue weighted by Crippen LogP contribution is -2.33. The molecule has 6 heteroatoms. The van der Waals surface area contributed by atoms with E-state index in [2.05, 4.69) is 21.5 Å². The van der Waals surface area contributed by atoms with Crippen molar-refractivity contribution in [3.8, 4) is 0 Å². The molecule has 1 fully saturated rings. The van der Waals surface area contributed by atoms with Crippen molar-refractivity contribution in [3.05, 3.63) is 48.2 Å². The highest BCUT2D eigenvalue weighted by atomic mass is 32.2. The van der Waals surface area contributed by atoms with Crippen LogP contribution in [0.2, 0.25) is 0 Å². The molecule has 3 rings (SSSR count). The molecule has 5 nitrogen and oxygen atoms in total. The van der Waals surface area contributed by atoms with E-state index in [1.165, 1.54) is 12.8 Å². The minimum Gasteiger partial charge on any atom is -0.357 e. The fraction of sp³-hybridized carbons (Fsp3) is 0.389. The van der Waals surface area contributed by atoms with Gasteiger partial charge in [0.1, 0.15) is 5.82 Å². The summed E-state index contributed by atoms with van der Waals surface area (Å²) in [4.78, 5) is 6.92. The molecule has 0 atom stereocenters. The number of anilines is 2. The Kier molecular flexibility index (Phi) is 4.76. The van der Waals surface area contributed by atoms with Crippen molar-refractivity contribution in [2.75, 3.05) is 22.7 Å². The molecular weight excluding hydrogens is 322 g/mol. The lowest BCUT2D eigenvalue weighted by Gasteiger charge is -2.31. The van der Waals surface area contributed by atoms with E-state index in [4.69, 9.17) is 0 Å². The van der Waals surface area contributed by atoms with Crippen LogP contribution >= 0.6 is 0 Å². The normalized spacial score (nSPS) is 16.2. The molecule has 1 aliphatic heterocycles. The monoisotopic (exact) mass is 345 g/mol. The Bertz CT molecular complexity index is 778. The summed E-state index contributed by atoms with van der Waals surface area (Å²) in [6.07, 6.45) is 3.92. The van der Waals surface area contributed by atoms with Gasteiger partial charge in [-0.05, 0) is 49.9 Å². The number of rotatable bonds is 4. The third-order valence-electron chi connectivity index (χ3n) is 4.44. The number of hydrogen-bond donors (Lipinski definition) is 1. The summed E-state index contributed by atoms with van der Waals surface area (Å²) in [5, 5.41) is 0. The number of nitrogens with one attached hydrogen (secondary N) is 1. The van der Waals surface area contributed by atoms with Gasteiger partial charge in [-0.2, -0.15) is 0 Å². The molecule has 1 saturated heterocycles. The van der Waals surface area contributed by atoms with E-state index >= 15 is 0 Å². The van der Waals surface area contributed by atoms with Gasteiger partial charge in [-0.25, -0.2) is 13.4 Å². The van der Waals surface area contributed by atoms with Gasteiger partial charge in [-0.3, -0.25) is 4.72 Å². The number of piperidine rings is 1. The molecule has 0 unspecified atom stereocenters. The molecule has 2 heterocycles. The zero-order chi connectivity index (χ0) is 17.2. The van der Waals surface area contributed by atoms with Gasteiger partial charge in [0.25, 0.3) is 10.0 Å². The highest BCUT2D eigenvalue weighted by Gasteiger charge is 2.18. The van der Waals surface area contributed by atoms with Gasteiger partial charge in [-0.1, -0.05) is 24.6 Å². The first-order chi connectivity index (χ1) is 11.4. The van der Waals surface area contributed by atoms with Crippen LogP contribution in [0.3, 0.4) is 0 Å². The SMILES string of the molecule is Cc1ccc(S(=O)(=O)Nc2ccc(N3CCC(C)CC3)nc2)cc1. The standard InChI is InChI=1S/C18H23N3O2S/c1-14-3-6-17(7-4-14)24(22,23)20-16-5-8-18(19-13-16)21-11-9-15(2)10-12-21/h3-8,13,15,20H,9-12H2,1-2H3. The maximum Gasteiger partial charge on any atom is 0.261 e. The summed E-state index contributed by atoms with van der Waals surface area (Å²) < 4.78 is 27.4. The second kappa shape index (κ2) is 6.81. The van der Waals surface area contributed by atoms with Crippen molar-refractivity contribution < 1.29 is 8.42 Å². The molecule has 128 valence electrons. The molecule has 0 radical (unpaired) electrons. The van der Waals surface area contributed by atoms with Gasteiger partial charge in [0.2, 0.25) is 0 Å². The number of benzene rings is 1. The molecule has 0 amide bonds. The highest BCUT2D eigenvalue weighted by molar-refractivity contribution is 7.92. The molecule has 1 N–H and O–H groups in total. The second-order valence-electron chi connectivity index (χ2n) is 6.49. The molecule has 0 bridgehead atoms. The third kappa shape index (κ3) is 3.87. The zero-order valence-corrected chi connectivity index (χ0v) is 14.9. The van der Waals surface area contributed by atoms with Gasteiger partial charge in [-0.15, -0.1) is 0 Å². The van der Waals surface area contributed by atoms with Crippen LogP contribution in [0.15, 0.2) is 47.5 Å². The first-order valence-electron chi connectivity index (χ1n) is 8.24. The second-order valence-corrected chi connectivity index (χ2v) is 8.18. The Labute approximate surface area is 143 Å². The first-order valence-corrected chi connectivity index (χ1v) is 9.73. The van der Waals surface area contributed by atoms with Gasteiger partial charge >= 0.3 is 0 Å². The van der Waals surface area contributed by atoms with Gasteiger partial charge in [0.05, 0.1) is 16.8 Å². The zero-order valence-electron chi connectivity index (χ0n) is 14.1. The van der Waals surface area contributed by atoms with E-state index < -0.39 is 10.0 Å². The van der Waals surface area contributed by atoms with Gasteiger partial charge in [0, 0.05) is 13.1 Å². The molecule has 1 aliphatic rings. The van der Waals surface area contributed by atoms with Crippen LogP contribution in [-0.2, 0) is 10.0 Å². The topological polar surface area (TPSA) is 62.3 Å². The molecule has 0 spiro atoms. The van der Waals surface area contributed by atoms with Gasteiger partial charge in [0.15, 0.2) is 0 Å². The fourth-order valence-corrected chi connectivity index (χ4v) is 3.85. The lowest BCUT2D eigenvalue weighted by molar-refractivity contribution is 0.436. The minimum absolute atomic E-state index is 0.252. The Morgan fingerprint density at radius 3 is 2.33 bits per heavy atom. The van der Waals surface area contributed by atoms with Crippen molar-refractivity contribution in [1.29, 1.82) is 0 Å². The van der Waals surface area contributed by atoms with Crippen LogP contribution < -0.4 is 9.62 Å². The Balaban J connectivity index is 1.70. The molecule has 0 saturated carbocycles. The quantitative estimate of drug-likeness (QED) is 0.922. The van der Waals surface area contributed by atoms with E-state index in [1.54, 1.807) is 36.5 Å². The fourth-order valence-electron chi connectivity index (χ4n) is 2.80. The molecular formula is C18H23N3O2S. The average Bonchev–Trinajstić information content (AvgIpc) is 2.56. The largest absolute Gasteiger partial charge is 0.357 e. The Morgan fingerprint density at radius 1 is 1.08 bits per heavy atom. The average molecular weight is 345 g/mol. The van der Waals surface area contributed by atoms with E-state index in [-0.39, 0.29) is 4.90 Å². The summed E-state index contributed by atoms with van der Waals surface area (Å²) in [5.74, 6) is 1.67. The Hall–Kier alpha value is -2.08. The molecule has 24 heavy (non-hydrogen) atoms. The first kappa shape index (κ1) is 16.8. The van der Waals surface area contributed by atoms with Crippen LogP contribution in [0.5, 0.6) is 0 Å². The number of sulfonamides is 1. The van der Waals surface area contributed by atoms with Crippen LogP contribution in [-0.4, -0.2) is 26.5 Å². The third-order valence-corrected chi connectivity index (χ3v) is 5.84. The summed E-state index contributed by atoms with van der Waals surface area (Å²) in [7, 11) is -3.58. The maximum atomic E-state index is 12.4. The van der Waals surface area contributed by atoms with Crippen molar-refractivity contribution in [3.63, 3.8) is 0 Å². The van der Waals surface area contributed by atoms with Crippen molar-refractivity contribution in [2.45, 2.75) is 31.6 Å². The predicted octanol–water partition coefficient (Wildman–Crippen LogP) is 3.43. The number of pyridine rings is 1. The van der Waals surface area contributed by atoms with Crippen LogP contribution in [0.1, 0.15) is 25.3 Å². The summed E-state index contributed by atoms with van der Waals surface area (Å²) in [5.41, 5.74) is 1.50. The maximum absolute atomic E-state index is 12.4. The Morgan fingerprint density at radius 2 is 1.75 bits per heavy atom. The smallest absolute Gasteiger partial charge is 0.261 e. The lowest BCUT2D eigenvalue weighted by atomic mass is 9.99. The highest BCUT2D eigenvalue weighted by Crippen LogP contribution is 2.23. The van der Waals surface area contributed by atoms with Crippen LogP contribution in [0.25, 0.3) is 0 Å². The van der Waals surface area contributed by atoms with E-state index in [1.807, 2.05) is 13.0 Å². The van der Waals surface area contributed by atoms with Gasteiger partial charge < -0.3 is 4.90 Å². The molecule has 0 aliphatic carbocycles.